The topological polar surface area (TPSA) is 44.4 Å². The lowest BCUT2D eigenvalue weighted by Crippen LogP contribution is -2.32. The molecule has 0 saturated carbocycles. The number of piperidine rings is 1. The molecule has 0 atom stereocenters. The second-order valence-electron chi connectivity index (χ2n) is 5.39. The highest BCUT2D eigenvalue weighted by atomic mass is 16.1. The molecule has 1 amide bonds. The standard InChI is InChI=1S/C15H23N3O/c1-12(19)17-15-5-3-14(4-6-15)16-11-13-7-9-18(2)10-8-13/h3-6,13,16H,7-11H2,1-2H3,(H,17,19). The Morgan fingerprint density at radius 3 is 2.37 bits per heavy atom. The Balaban J connectivity index is 1.78. The Labute approximate surface area is 115 Å². The molecule has 4 nitrogen and oxygen atoms in total. The first-order valence-corrected chi connectivity index (χ1v) is 6.93. The maximum absolute atomic E-state index is 10.9. The van der Waals surface area contributed by atoms with Gasteiger partial charge in [-0.15, -0.1) is 0 Å². The normalized spacial score (nSPS) is 17.2. The molecule has 0 aliphatic carbocycles. The number of likely N-dealkylation sites (tertiary alicyclic amines) is 1. The van der Waals surface area contributed by atoms with Crippen LogP contribution in [0.1, 0.15) is 19.8 Å². The maximum Gasteiger partial charge on any atom is 0.221 e. The number of hydrogen-bond acceptors (Lipinski definition) is 3. The zero-order valence-corrected chi connectivity index (χ0v) is 11.8. The van der Waals surface area contributed by atoms with E-state index >= 15 is 0 Å². The molecule has 0 unspecified atom stereocenters. The van der Waals surface area contributed by atoms with Crippen LogP contribution in [-0.2, 0) is 4.79 Å². The van der Waals surface area contributed by atoms with Gasteiger partial charge in [0, 0.05) is 24.8 Å². The quantitative estimate of drug-likeness (QED) is 0.874. The summed E-state index contributed by atoms with van der Waals surface area (Å²) in [4.78, 5) is 13.3. The zero-order chi connectivity index (χ0) is 13.7. The number of benzene rings is 1. The number of nitrogens with one attached hydrogen (secondary N) is 2. The smallest absolute Gasteiger partial charge is 0.221 e. The lowest BCUT2D eigenvalue weighted by atomic mass is 9.97. The van der Waals surface area contributed by atoms with Crippen molar-refractivity contribution in [1.82, 2.24) is 4.90 Å². The highest BCUT2D eigenvalue weighted by Gasteiger charge is 2.15. The highest BCUT2D eigenvalue weighted by molar-refractivity contribution is 5.88. The van der Waals surface area contributed by atoms with Gasteiger partial charge in [0.05, 0.1) is 0 Å². The van der Waals surface area contributed by atoms with Gasteiger partial charge >= 0.3 is 0 Å². The van der Waals surface area contributed by atoms with E-state index in [2.05, 4.69) is 22.6 Å². The van der Waals surface area contributed by atoms with E-state index in [0.717, 1.165) is 23.8 Å². The van der Waals surface area contributed by atoms with Crippen LogP contribution in [0.2, 0.25) is 0 Å². The van der Waals surface area contributed by atoms with E-state index in [0.29, 0.717) is 0 Å². The largest absolute Gasteiger partial charge is 0.385 e. The van der Waals surface area contributed by atoms with Crippen LogP contribution in [-0.4, -0.2) is 37.5 Å². The van der Waals surface area contributed by atoms with E-state index in [1.165, 1.54) is 32.9 Å². The minimum Gasteiger partial charge on any atom is -0.385 e. The van der Waals surface area contributed by atoms with Crippen molar-refractivity contribution >= 4 is 17.3 Å². The van der Waals surface area contributed by atoms with Gasteiger partial charge in [0.1, 0.15) is 0 Å². The Bertz CT molecular complexity index is 408. The molecule has 1 fully saturated rings. The number of carbonyl (C=O) groups is 1. The Morgan fingerprint density at radius 1 is 1.21 bits per heavy atom. The van der Waals surface area contributed by atoms with Gasteiger partial charge in [-0.25, -0.2) is 0 Å². The summed E-state index contributed by atoms with van der Waals surface area (Å²) in [5.74, 6) is 0.734. The van der Waals surface area contributed by atoms with Crippen molar-refractivity contribution in [2.75, 3.05) is 37.3 Å². The van der Waals surface area contributed by atoms with Crippen molar-refractivity contribution in [3.8, 4) is 0 Å². The maximum atomic E-state index is 10.9. The van der Waals surface area contributed by atoms with Gasteiger partial charge in [0.25, 0.3) is 0 Å². The Kier molecular flexibility index (Phi) is 4.80. The molecular weight excluding hydrogens is 238 g/mol. The summed E-state index contributed by atoms with van der Waals surface area (Å²) in [5, 5.41) is 6.25. The molecule has 1 aromatic carbocycles. The average molecular weight is 261 g/mol. The molecule has 1 aliphatic heterocycles. The molecular formula is C15H23N3O. The molecule has 4 heteroatoms. The predicted octanol–water partition coefficient (Wildman–Crippen LogP) is 2.40. The van der Waals surface area contributed by atoms with E-state index < -0.39 is 0 Å². The van der Waals surface area contributed by atoms with Crippen LogP contribution in [0.15, 0.2) is 24.3 Å². The summed E-state index contributed by atoms with van der Waals surface area (Å²) in [6, 6.07) is 7.89. The number of rotatable bonds is 4. The van der Waals surface area contributed by atoms with Crippen LogP contribution in [0.3, 0.4) is 0 Å². The van der Waals surface area contributed by atoms with Crippen molar-refractivity contribution in [2.45, 2.75) is 19.8 Å². The van der Waals surface area contributed by atoms with Crippen molar-refractivity contribution in [3.05, 3.63) is 24.3 Å². The summed E-state index contributed by atoms with van der Waals surface area (Å²) in [6.07, 6.45) is 2.54. The third-order valence-electron chi connectivity index (χ3n) is 3.64. The van der Waals surface area contributed by atoms with E-state index in [-0.39, 0.29) is 5.91 Å². The fourth-order valence-corrected chi connectivity index (χ4v) is 2.40. The Morgan fingerprint density at radius 2 is 1.79 bits per heavy atom. The van der Waals surface area contributed by atoms with Crippen molar-refractivity contribution in [1.29, 1.82) is 0 Å². The predicted molar refractivity (Wildman–Crippen MR) is 79.5 cm³/mol. The first kappa shape index (κ1) is 13.9. The number of carbonyl (C=O) groups excluding carboxylic acids is 1. The highest BCUT2D eigenvalue weighted by Crippen LogP contribution is 2.18. The fourth-order valence-electron chi connectivity index (χ4n) is 2.40. The lowest BCUT2D eigenvalue weighted by molar-refractivity contribution is -0.114. The van der Waals surface area contributed by atoms with Gasteiger partial charge in [-0.05, 0) is 63.2 Å². The van der Waals surface area contributed by atoms with E-state index in [9.17, 15) is 4.79 Å². The summed E-state index contributed by atoms with van der Waals surface area (Å²) in [6.45, 7) is 4.96. The average Bonchev–Trinajstić information content (AvgIpc) is 2.39. The molecule has 1 heterocycles. The molecule has 0 spiro atoms. The molecule has 0 bridgehead atoms. The van der Waals surface area contributed by atoms with Crippen molar-refractivity contribution < 1.29 is 4.79 Å². The van der Waals surface area contributed by atoms with E-state index in [1.54, 1.807) is 0 Å². The van der Waals surface area contributed by atoms with Crippen molar-refractivity contribution in [3.63, 3.8) is 0 Å². The summed E-state index contributed by atoms with van der Waals surface area (Å²) >= 11 is 0. The molecule has 0 aromatic heterocycles. The van der Waals surface area contributed by atoms with Crippen LogP contribution < -0.4 is 10.6 Å². The van der Waals surface area contributed by atoms with Crippen LogP contribution in [0, 0.1) is 5.92 Å². The number of nitrogens with zero attached hydrogens (tertiary/aromatic N) is 1. The lowest BCUT2D eigenvalue weighted by Gasteiger charge is -2.29. The summed E-state index contributed by atoms with van der Waals surface area (Å²) in [7, 11) is 2.18. The minimum absolute atomic E-state index is 0.0352. The summed E-state index contributed by atoms with van der Waals surface area (Å²) in [5.41, 5.74) is 1.96. The monoisotopic (exact) mass is 261 g/mol. The van der Waals surface area contributed by atoms with Gasteiger partial charge in [-0.3, -0.25) is 4.79 Å². The third kappa shape index (κ3) is 4.56. The molecule has 2 rings (SSSR count). The van der Waals surface area contributed by atoms with Crippen molar-refractivity contribution in [2.24, 2.45) is 5.92 Å². The summed E-state index contributed by atoms with van der Waals surface area (Å²) < 4.78 is 0. The molecule has 19 heavy (non-hydrogen) atoms. The molecule has 1 aliphatic rings. The molecule has 2 N–H and O–H groups in total. The molecule has 0 radical (unpaired) electrons. The van der Waals surface area contributed by atoms with Crippen LogP contribution >= 0.6 is 0 Å². The second kappa shape index (κ2) is 6.57. The zero-order valence-electron chi connectivity index (χ0n) is 11.8. The first-order chi connectivity index (χ1) is 9.13. The number of amides is 1. The first-order valence-electron chi connectivity index (χ1n) is 6.93. The number of hydrogen-bond donors (Lipinski definition) is 2. The second-order valence-corrected chi connectivity index (χ2v) is 5.39. The van der Waals surface area contributed by atoms with Gasteiger partial charge in [0.15, 0.2) is 0 Å². The van der Waals surface area contributed by atoms with Crippen LogP contribution in [0.25, 0.3) is 0 Å². The number of anilines is 2. The van der Waals surface area contributed by atoms with Gasteiger partial charge in [-0.2, -0.15) is 0 Å². The molecule has 1 aromatic rings. The SMILES string of the molecule is CC(=O)Nc1ccc(NCC2CCN(C)CC2)cc1. The third-order valence-corrected chi connectivity index (χ3v) is 3.64. The minimum atomic E-state index is -0.0352. The van der Waals surface area contributed by atoms with Crippen LogP contribution in [0.4, 0.5) is 11.4 Å². The van der Waals surface area contributed by atoms with Gasteiger partial charge in [0.2, 0.25) is 5.91 Å². The van der Waals surface area contributed by atoms with E-state index in [1.807, 2.05) is 24.3 Å². The van der Waals surface area contributed by atoms with E-state index in [4.69, 9.17) is 0 Å². The van der Waals surface area contributed by atoms with Gasteiger partial charge < -0.3 is 15.5 Å². The van der Waals surface area contributed by atoms with Gasteiger partial charge in [-0.1, -0.05) is 0 Å². The fraction of sp³-hybridized carbons (Fsp3) is 0.533. The molecule has 1 saturated heterocycles. The molecule has 104 valence electrons. The van der Waals surface area contributed by atoms with Crippen LogP contribution in [0.5, 0.6) is 0 Å². The Hall–Kier alpha value is -1.55.